The molecule has 2 aromatic rings. The van der Waals surface area contributed by atoms with Crippen molar-refractivity contribution in [1.82, 2.24) is 24.5 Å². The Bertz CT molecular complexity index is 787. The molecule has 1 fully saturated rings. The first-order chi connectivity index (χ1) is 10.9. The Balaban J connectivity index is 1.82. The number of rotatable bonds is 4. The highest BCUT2D eigenvalue weighted by molar-refractivity contribution is 7.88. The molecule has 0 radical (unpaired) electrons. The summed E-state index contributed by atoms with van der Waals surface area (Å²) in [6, 6.07) is 0. The third-order valence-corrected chi connectivity index (χ3v) is 5.56. The van der Waals surface area contributed by atoms with E-state index in [1.165, 1.54) is 6.26 Å². The average Bonchev–Trinajstić information content (AvgIpc) is 2.93. The molecule has 23 heavy (non-hydrogen) atoms. The molecule has 8 heteroatoms. The summed E-state index contributed by atoms with van der Waals surface area (Å²) in [5.74, 6) is 0.265. The highest BCUT2D eigenvalue weighted by Crippen LogP contribution is 2.27. The van der Waals surface area contributed by atoms with Crippen molar-refractivity contribution in [3.63, 3.8) is 0 Å². The summed E-state index contributed by atoms with van der Waals surface area (Å²) >= 11 is 0. The third kappa shape index (κ3) is 3.59. The summed E-state index contributed by atoms with van der Waals surface area (Å²) in [6.07, 6.45) is 9.01. The SMILES string of the molecule is Cc1[nH]ncc1-c1nccnc1C[C@H]1CCCN(S(C)(=O)=O)C1. The van der Waals surface area contributed by atoms with Gasteiger partial charge in [-0.3, -0.25) is 15.1 Å². The lowest BCUT2D eigenvalue weighted by atomic mass is 9.93. The summed E-state index contributed by atoms with van der Waals surface area (Å²) in [7, 11) is -3.13. The predicted molar refractivity (Wildman–Crippen MR) is 87.2 cm³/mol. The highest BCUT2D eigenvalue weighted by atomic mass is 32.2. The molecule has 0 aliphatic carbocycles. The fourth-order valence-corrected chi connectivity index (χ4v) is 4.04. The van der Waals surface area contributed by atoms with Crippen molar-refractivity contribution in [2.45, 2.75) is 26.2 Å². The van der Waals surface area contributed by atoms with Gasteiger partial charge >= 0.3 is 0 Å². The van der Waals surface area contributed by atoms with Gasteiger partial charge in [0, 0.05) is 36.7 Å². The Kier molecular flexibility index (Phi) is 4.45. The number of aromatic amines is 1. The maximum atomic E-state index is 11.8. The summed E-state index contributed by atoms with van der Waals surface area (Å²) in [5.41, 5.74) is 3.63. The van der Waals surface area contributed by atoms with E-state index in [1.807, 2.05) is 6.92 Å². The van der Waals surface area contributed by atoms with Gasteiger partial charge in [-0.15, -0.1) is 0 Å². The minimum atomic E-state index is -3.13. The number of aromatic nitrogens is 4. The maximum absolute atomic E-state index is 11.8. The highest BCUT2D eigenvalue weighted by Gasteiger charge is 2.27. The zero-order valence-electron chi connectivity index (χ0n) is 13.4. The van der Waals surface area contributed by atoms with Crippen LogP contribution in [0, 0.1) is 12.8 Å². The second-order valence-corrected chi connectivity index (χ2v) is 8.08. The van der Waals surface area contributed by atoms with Gasteiger partial charge in [0.25, 0.3) is 0 Å². The Hall–Kier alpha value is -1.80. The number of hydrogen-bond acceptors (Lipinski definition) is 5. The molecule has 1 atom stereocenters. The van der Waals surface area contributed by atoms with Gasteiger partial charge in [0.05, 0.1) is 23.8 Å². The largest absolute Gasteiger partial charge is 0.282 e. The number of H-pyrrole nitrogens is 1. The van der Waals surface area contributed by atoms with E-state index in [0.29, 0.717) is 13.1 Å². The van der Waals surface area contributed by atoms with Crippen molar-refractivity contribution in [2.75, 3.05) is 19.3 Å². The lowest BCUT2D eigenvalue weighted by Crippen LogP contribution is -2.39. The van der Waals surface area contributed by atoms with Crippen molar-refractivity contribution in [3.8, 4) is 11.3 Å². The Morgan fingerprint density at radius 3 is 2.83 bits per heavy atom. The van der Waals surface area contributed by atoms with Gasteiger partial charge in [-0.25, -0.2) is 12.7 Å². The summed E-state index contributed by atoms with van der Waals surface area (Å²) in [5, 5.41) is 6.97. The van der Waals surface area contributed by atoms with Crippen molar-refractivity contribution in [3.05, 3.63) is 30.0 Å². The van der Waals surface area contributed by atoms with Crippen molar-refractivity contribution >= 4 is 10.0 Å². The van der Waals surface area contributed by atoms with Crippen LogP contribution in [0.5, 0.6) is 0 Å². The van der Waals surface area contributed by atoms with Crippen LogP contribution in [0.25, 0.3) is 11.3 Å². The molecule has 3 heterocycles. The van der Waals surface area contributed by atoms with Gasteiger partial charge < -0.3 is 0 Å². The van der Waals surface area contributed by atoms with Gasteiger partial charge in [0.15, 0.2) is 0 Å². The van der Waals surface area contributed by atoms with Gasteiger partial charge in [0.2, 0.25) is 10.0 Å². The fourth-order valence-electron chi connectivity index (χ4n) is 3.10. The normalized spacial score (nSPS) is 19.8. The Morgan fingerprint density at radius 2 is 2.13 bits per heavy atom. The number of piperidine rings is 1. The first-order valence-corrected chi connectivity index (χ1v) is 9.55. The summed E-state index contributed by atoms with van der Waals surface area (Å²) < 4.78 is 25.1. The van der Waals surface area contributed by atoms with Gasteiger partial charge in [-0.2, -0.15) is 5.10 Å². The van der Waals surface area contributed by atoms with Crippen LogP contribution >= 0.6 is 0 Å². The average molecular weight is 335 g/mol. The second kappa shape index (κ2) is 6.37. The molecule has 0 amide bonds. The summed E-state index contributed by atoms with van der Waals surface area (Å²) in [4.78, 5) is 8.95. The van der Waals surface area contributed by atoms with Crippen LogP contribution in [0.2, 0.25) is 0 Å². The number of aryl methyl sites for hydroxylation is 1. The molecule has 0 saturated carbocycles. The van der Waals surface area contributed by atoms with Crippen LogP contribution in [0.1, 0.15) is 24.2 Å². The Labute approximate surface area is 136 Å². The van der Waals surface area contributed by atoms with Gasteiger partial charge in [0.1, 0.15) is 0 Å². The maximum Gasteiger partial charge on any atom is 0.211 e. The number of nitrogens with zero attached hydrogens (tertiary/aromatic N) is 4. The number of sulfonamides is 1. The molecule has 0 aromatic carbocycles. The molecular weight excluding hydrogens is 314 g/mol. The molecule has 124 valence electrons. The standard InChI is InChI=1S/C15H21N5O2S/c1-11-13(9-18-19-11)15-14(16-5-6-17-15)8-12-4-3-7-20(10-12)23(2,21)22/h5-6,9,12H,3-4,7-8,10H2,1-2H3,(H,18,19)/t12-/m1/s1. The molecule has 2 aromatic heterocycles. The molecule has 1 saturated heterocycles. The van der Waals surface area contributed by atoms with E-state index in [9.17, 15) is 8.42 Å². The lowest BCUT2D eigenvalue weighted by molar-refractivity contribution is 0.265. The molecule has 0 unspecified atom stereocenters. The topological polar surface area (TPSA) is 91.8 Å². The lowest BCUT2D eigenvalue weighted by Gasteiger charge is -2.31. The fraction of sp³-hybridized carbons (Fsp3) is 0.533. The monoisotopic (exact) mass is 335 g/mol. The quantitative estimate of drug-likeness (QED) is 0.911. The minimum absolute atomic E-state index is 0.265. The molecular formula is C15H21N5O2S. The second-order valence-electron chi connectivity index (χ2n) is 6.09. The molecule has 3 rings (SSSR count). The third-order valence-electron chi connectivity index (χ3n) is 4.29. The van der Waals surface area contributed by atoms with Crippen LogP contribution in [0.3, 0.4) is 0 Å². The van der Waals surface area contributed by atoms with Crippen LogP contribution in [-0.4, -0.2) is 52.2 Å². The first kappa shape index (κ1) is 16.1. The zero-order valence-corrected chi connectivity index (χ0v) is 14.2. The first-order valence-electron chi connectivity index (χ1n) is 7.70. The molecule has 0 bridgehead atoms. The van der Waals surface area contributed by atoms with E-state index in [2.05, 4.69) is 20.2 Å². The van der Waals surface area contributed by atoms with Crippen molar-refractivity contribution in [1.29, 1.82) is 0 Å². The van der Waals surface area contributed by atoms with E-state index >= 15 is 0 Å². The van der Waals surface area contributed by atoms with Crippen molar-refractivity contribution < 1.29 is 8.42 Å². The van der Waals surface area contributed by atoms with Crippen molar-refractivity contribution in [2.24, 2.45) is 5.92 Å². The van der Waals surface area contributed by atoms with Gasteiger partial charge in [-0.1, -0.05) is 0 Å². The van der Waals surface area contributed by atoms with E-state index in [0.717, 1.165) is 41.9 Å². The molecule has 1 N–H and O–H groups in total. The van der Waals surface area contributed by atoms with Crippen LogP contribution < -0.4 is 0 Å². The predicted octanol–water partition coefficient (Wildman–Crippen LogP) is 1.39. The number of hydrogen-bond donors (Lipinski definition) is 1. The molecule has 1 aliphatic heterocycles. The number of nitrogens with one attached hydrogen (secondary N) is 1. The molecule has 1 aliphatic rings. The van der Waals surface area contributed by atoms with Crippen LogP contribution in [0.15, 0.2) is 18.6 Å². The van der Waals surface area contributed by atoms with E-state index in [4.69, 9.17) is 0 Å². The van der Waals surface area contributed by atoms with Crippen LogP contribution in [-0.2, 0) is 16.4 Å². The molecule has 7 nitrogen and oxygen atoms in total. The van der Waals surface area contributed by atoms with Crippen LogP contribution in [0.4, 0.5) is 0 Å². The zero-order chi connectivity index (χ0) is 16.4. The van der Waals surface area contributed by atoms with E-state index in [1.54, 1.807) is 22.9 Å². The minimum Gasteiger partial charge on any atom is -0.282 e. The van der Waals surface area contributed by atoms with E-state index < -0.39 is 10.0 Å². The summed E-state index contributed by atoms with van der Waals surface area (Å²) in [6.45, 7) is 3.12. The Morgan fingerprint density at radius 1 is 1.35 bits per heavy atom. The van der Waals surface area contributed by atoms with E-state index in [-0.39, 0.29) is 5.92 Å². The van der Waals surface area contributed by atoms with Gasteiger partial charge in [-0.05, 0) is 32.1 Å². The smallest absolute Gasteiger partial charge is 0.211 e. The molecule has 0 spiro atoms.